The summed E-state index contributed by atoms with van der Waals surface area (Å²) in [4.78, 5) is 0. The van der Waals surface area contributed by atoms with E-state index in [1.165, 1.54) is 12.1 Å². The van der Waals surface area contributed by atoms with Gasteiger partial charge in [0.2, 0.25) is 0 Å². The molecule has 0 spiro atoms. The summed E-state index contributed by atoms with van der Waals surface area (Å²) >= 11 is 5.96. The lowest BCUT2D eigenvalue weighted by atomic mass is 10.2. The second-order valence-corrected chi connectivity index (χ2v) is 4.70. The topological polar surface area (TPSA) is 29.5 Å². The molecule has 0 saturated heterocycles. The first-order valence-corrected chi connectivity index (χ1v) is 6.84. The maximum atomic E-state index is 13.0. The van der Waals surface area contributed by atoms with E-state index in [2.05, 4.69) is 11.8 Å². The molecule has 0 atom stereocenters. The highest BCUT2D eigenvalue weighted by atomic mass is 35.5. The summed E-state index contributed by atoms with van der Waals surface area (Å²) in [6.07, 6.45) is 0.415. The molecule has 0 saturated carbocycles. The monoisotopic (exact) mass is 304 g/mol. The van der Waals surface area contributed by atoms with Crippen LogP contribution in [0.5, 0.6) is 5.75 Å². The zero-order valence-electron chi connectivity index (χ0n) is 11.3. The van der Waals surface area contributed by atoms with Crippen LogP contribution in [0.1, 0.15) is 17.5 Å². The van der Waals surface area contributed by atoms with Crippen molar-refractivity contribution < 1.29 is 14.2 Å². The molecule has 0 bridgehead atoms. The first-order valence-electron chi connectivity index (χ1n) is 6.46. The maximum Gasteiger partial charge on any atom is 0.135 e. The number of hydrogen-bond acceptors (Lipinski definition) is 2. The van der Waals surface area contributed by atoms with Gasteiger partial charge in [0.15, 0.2) is 0 Å². The van der Waals surface area contributed by atoms with Crippen molar-refractivity contribution in [3.05, 3.63) is 64.4 Å². The van der Waals surface area contributed by atoms with Gasteiger partial charge in [-0.25, -0.2) is 4.39 Å². The molecule has 21 heavy (non-hydrogen) atoms. The second-order valence-electron chi connectivity index (χ2n) is 4.30. The van der Waals surface area contributed by atoms with Gasteiger partial charge in [0, 0.05) is 12.0 Å². The van der Waals surface area contributed by atoms with Crippen molar-refractivity contribution in [3.8, 4) is 17.6 Å². The number of halogens is 2. The third-order valence-corrected chi connectivity index (χ3v) is 3.10. The predicted octanol–water partition coefficient (Wildman–Crippen LogP) is 3.79. The molecule has 2 nitrogen and oxygen atoms in total. The summed E-state index contributed by atoms with van der Waals surface area (Å²) in [6, 6.07) is 11.5. The summed E-state index contributed by atoms with van der Waals surface area (Å²) in [5.74, 6) is 6.05. The molecule has 108 valence electrons. The molecular formula is C17H14ClFO2. The first-order chi connectivity index (χ1) is 10.2. The van der Waals surface area contributed by atoms with Crippen LogP contribution in [0.4, 0.5) is 4.39 Å². The van der Waals surface area contributed by atoms with Crippen molar-refractivity contribution in [3.63, 3.8) is 0 Å². The molecular weight excluding hydrogens is 291 g/mol. The number of aliphatic hydroxyl groups is 1. The van der Waals surface area contributed by atoms with Gasteiger partial charge in [-0.15, -0.1) is 0 Å². The quantitative estimate of drug-likeness (QED) is 0.871. The molecule has 1 N–H and O–H groups in total. The summed E-state index contributed by atoms with van der Waals surface area (Å²) in [7, 11) is 0. The lowest BCUT2D eigenvalue weighted by Gasteiger charge is -2.09. The minimum atomic E-state index is -0.376. The van der Waals surface area contributed by atoms with Crippen LogP contribution in [0.15, 0.2) is 42.5 Å². The largest absolute Gasteiger partial charge is 0.488 e. The number of aliphatic hydroxyl groups excluding tert-OH is 1. The molecule has 0 aliphatic heterocycles. The van der Waals surface area contributed by atoms with Crippen molar-refractivity contribution >= 4 is 11.6 Å². The maximum absolute atomic E-state index is 13.0. The standard InChI is InChI=1S/C17H14ClFO2/c18-16-11-15(19)9-8-14(16)12-21-17-7-2-1-5-13(17)6-3-4-10-20/h1-2,5,7-9,11,20H,4,10,12H2. The molecule has 0 unspecified atom stereocenters. The number of benzene rings is 2. The van der Waals surface area contributed by atoms with Gasteiger partial charge in [0.25, 0.3) is 0 Å². The highest BCUT2D eigenvalue weighted by molar-refractivity contribution is 6.31. The number of hydrogen-bond donors (Lipinski definition) is 1. The van der Waals surface area contributed by atoms with Crippen molar-refractivity contribution in [2.75, 3.05) is 6.61 Å². The third-order valence-electron chi connectivity index (χ3n) is 2.75. The summed E-state index contributed by atoms with van der Waals surface area (Å²) in [5, 5.41) is 9.07. The molecule has 2 aromatic rings. The van der Waals surface area contributed by atoms with Crippen LogP contribution >= 0.6 is 11.6 Å². The Balaban J connectivity index is 2.11. The van der Waals surface area contributed by atoms with Gasteiger partial charge >= 0.3 is 0 Å². The lowest BCUT2D eigenvalue weighted by molar-refractivity contribution is 0.304. The fourth-order valence-corrected chi connectivity index (χ4v) is 1.93. The van der Waals surface area contributed by atoms with E-state index in [1.807, 2.05) is 18.2 Å². The van der Waals surface area contributed by atoms with Crippen LogP contribution < -0.4 is 4.74 Å². The van der Waals surface area contributed by atoms with E-state index in [9.17, 15) is 4.39 Å². The predicted molar refractivity (Wildman–Crippen MR) is 80.8 cm³/mol. The van der Waals surface area contributed by atoms with E-state index < -0.39 is 0 Å². The molecule has 0 amide bonds. The highest BCUT2D eigenvalue weighted by Crippen LogP contribution is 2.22. The average Bonchev–Trinajstić information content (AvgIpc) is 2.48. The summed E-state index contributed by atoms with van der Waals surface area (Å²) in [5.41, 5.74) is 1.44. The SMILES string of the molecule is OCCC#Cc1ccccc1OCc1ccc(F)cc1Cl. The summed E-state index contributed by atoms with van der Waals surface area (Å²) < 4.78 is 18.7. The average molecular weight is 305 g/mol. The van der Waals surface area contributed by atoms with Gasteiger partial charge in [-0.2, -0.15) is 0 Å². The zero-order valence-corrected chi connectivity index (χ0v) is 12.0. The fraction of sp³-hybridized carbons (Fsp3) is 0.176. The Morgan fingerprint density at radius 2 is 2.00 bits per heavy atom. The Kier molecular flexibility index (Phi) is 5.62. The smallest absolute Gasteiger partial charge is 0.135 e. The van der Waals surface area contributed by atoms with Crippen LogP contribution in [0.2, 0.25) is 5.02 Å². The van der Waals surface area contributed by atoms with E-state index in [4.69, 9.17) is 21.4 Å². The number of para-hydroxylation sites is 1. The van der Waals surface area contributed by atoms with Gasteiger partial charge in [-0.05, 0) is 24.3 Å². The van der Waals surface area contributed by atoms with Crippen molar-refractivity contribution in [2.45, 2.75) is 13.0 Å². The Labute approximate surface area is 128 Å². The van der Waals surface area contributed by atoms with Crippen LogP contribution in [0.25, 0.3) is 0 Å². The van der Waals surface area contributed by atoms with E-state index in [0.29, 0.717) is 22.8 Å². The normalized spacial score (nSPS) is 9.86. The number of rotatable bonds is 4. The fourth-order valence-electron chi connectivity index (χ4n) is 1.70. The van der Waals surface area contributed by atoms with Crippen molar-refractivity contribution in [1.29, 1.82) is 0 Å². The molecule has 0 aromatic heterocycles. The molecule has 4 heteroatoms. The molecule has 0 fully saturated rings. The zero-order chi connectivity index (χ0) is 15.1. The van der Waals surface area contributed by atoms with Crippen molar-refractivity contribution in [2.24, 2.45) is 0 Å². The van der Waals surface area contributed by atoms with Crippen LogP contribution in [-0.2, 0) is 6.61 Å². The van der Waals surface area contributed by atoms with E-state index in [0.717, 1.165) is 5.56 Å². The van der Waals surface area contributed by atoms with Crippen LogP contribution in [0, 0.1) is 17.7 Å². The van der Waals surface area contributed by atoms with E-state index in [1.54, 1.807) is 12.1 Å². The molecule has 0 heterocycles. The Morgan fingerprint density at radius 3 is 2.76 bits per heavy atom. The lowest BCUT2D eigenvalue weighted by Crippen LogP contribution is -1.98. The van der Waals surface area contributed by atoms with Gasteiger partial charge in [0.05, 0.1) is 17.2 Å². The molecule has 2 rings (SSSR count). The highest BCUT2D eigenvalue weighted by Gasteiger charge is 2.05. The van der Waals surface area contributed by atoms with Gasteiger partial charge in [-0.1, -0.05) is 41.6 Å². The van der Waals surface area contributed by atoms with Crippen LogP contribution in [0.3, 0.4) is 0 Å². The molecule has 2 aromatic carbocycles. The third kappa shape index (κ3) is 4.49. The van der Waals surface area contributed by atoms with E-state index >= 15 is 0 Å². The van der Waals surface area contributed by atoms with Crippen LogP contribution in [-0.4, -0.2) is 11.7 Å². The number of ether oxygens (including phenoxy) is 1. The minimum Gasteiger partial charge on any atom is -0.488 e. The Bertz CT molecular complexity index is 674. The van der Waals surface area contributed by atoms with Gasteiger partial charge in [0.1, 0.15) is 18.2 Å². The minimum absolute atomic E-state index is 0.0290. The second kappa shape index (κ2) is 7.68. The molecule has 0 aliphatic carbocycles. The molecule has 0 aliphatic rings. The first kappa shape index (κ1) is 15.4. The van der Waals surface area contributed by atoms with Gasteiger partial charge in [-0.3, -0.25) is 0 Å². The summed E-state index contributed by atoms with van der Waals surface area (Å²) in [6.45, 7) is 0.263. The Morgan fingerprint density at radius 1 is 1.19 bits per heavy atom. The Hall–Kier alpha value is -2.02. The van der Waals surface area contributed by atoms with Gasteiger partial charge < -0.3 is 9.84 Å². The van der Waals surface area contributed by atoms with Crippen molar-refractivity contribution in [1.82, 2.24) is 0 Å². The van der Waals surface area contributed by atoms with E-state index in [-0.39, 0.29) is 19.0 Å². The molecule has 0 radical (unpaired) electrons.